The number of rotatable bonds is 6. The fraction of sp³-hybridized carbons (Fsp3) is 0.250. The highest BCUT2D eigenvalue weighted by atomic mass is 35.5. The summed E-state index contributed by atoms with van der Waals surface area (Å²) < 4.78 is 1.96. The molecule has 0 saturated carbocycles. The maximum absolute atomic E-state index is 12.1. The van der Waals surface area contributed by atoms with Crippen molar-refractivity contribution in [1.82, 2.24) is 25.1 Å². The van der Waals surface area contributed by atoms with Crippen LogP contribution < -0.4 is 11.1 Å². The molecule has 0 bridgehead atoms. The van der Waals surface area contributed by atoms with Crippen LogP contribution in [0.4, 0.5) is 0 Å². The lowest BCUT2D eigenvalue weighted by Gasteiger charge is -2.12. The van der Waals surface area contributed by atoms with E-state index in [4.69, 9.17) is 17.3 Å². The number of nitrogens with one attached hydrogen (secondary N) is 1. The van der Waals surface area contributed by atoms with Crippen LogP contribution in [0.2, 0.25) is 5.02 Å². The Morgan fingerprint density at radius 3 is 3.04 bits per heavy atom. The average molecular weight is 345 g/mol. The third-order valence-electron chi connectivity index (χ3n) is 3.63. The highest BCUT2D eigenvalue weighted by Gasteiger charge is 2.14. The monoisotopic (exact) mass is 344 g/mol. The van der Waals surface area contributed by atoms with Gasteiger partial charge in [-0.1, -0.05) is 11.6 Å². The molecule has 7 nitrogen and oxygen atoms in total. The van der Waals surface area contributed by atoms with Crippen molar-refractivity contribution in [2.75, 3.05) is 6.54 Å². The van der Waals surface area contributed by atoms with Crippen LogP contribution in [0, 0.1) is 0 Å². The lowest BCUT2D eigenvalue weighted by molar-refractivity contribution is -0.122. The quantitative estimate of drug-likeness (QED) is 0.699. The van der Waals surface area contributed by atoms with E-state index in [9.17, 15) is 4.79 Å². The standard InChI is InChI=1S/C16H17ClN6O/c17-11-3-4-15-14(8-11)20-10-23(15)7-6-19-16(24)13(18)9-12-2-1-5-21-22-12/h1-5,8,10,13H,6-7,9,18H2,(H,19,24). The number of nitrogens with two attached hydrogens (primary N) is 1. The molecule has 2 aromatic heterocycles. The summed E-state index contributed by atoms with van der Waals surface area (Å²) in [6, 6.07) is 8.44. The molecule has 3 rings (SSSR count). The predicted octanol–water partition coefficient (Wildman–Crippen LogP) is 1.17. The van der Waals surface area contributed by atoms with Crippen LogP contribution in [0.5, 0.6) is 0 Å². The van der Waals surface area contributed by atoms with E-state index in [1.54, 1.807) is 24.7 Å². The van der Waals surface area contributed by atoms with Gasteiger partial charge in [-0.3, -0.25) is 4.79 Å². The molecular formula is C16H17ClN6O. The van der Waals surface area contributed by atoms with Crippen LogP contribution >= 0.6 is 11.6 Å². The number of fused-ring (bicyclic) bond motifs is 1. The molecule has 124 valence electrons. The van der Waals surface area contributed by atoms with Gasteiger partial charge in [0.25, 0.3) is 0 Å². The van der Waals surface area contributed by atoms with E-state index in [1.807, 2.05) is 22.8 Å². The van der Waals surface area contributed by atoms with Crippen molar-refractivity contribution in [3.8, 4) is 0 Å². The van der Waals surface area contributed by atoms with Gasteiger partial charge in [0.15, 0.2) is 0 Å². The first kappa shape index (κ1) is 16.4. The molecule has 0 spiro atoms. The molecule has 0 aliphatic heterocycles. The molecular weight excluding hydrogens is 328 g/mol. The van der Waals surface area contributed by atoms with Crippen molar-refractivity contribution in [3.63, 3.8) is 0 Å². The van der Waals surface area contributed by atoms with Gasteiger partial charge in [0.1, 0.15) is 0 Å². The summed E-state index contributed by atoms with van der Waals surface area (Å²) in [6.45, 7) is 1.06. The number of imidazole rings is 1. The van der Waals surface area contributed by atoms with Crippen LogP contribution in [0.3, 0.4) is 0 Å². The van der Waals surface area contributed by atoms with Gasteiger partial charge in [0.2, 0.25) is 5.91 Å². The van der Waals surface area contributed by atoms with Gasteiger partial charge in [-0.15, -0.1) is 0 Å². The smallest absolute Gasteiger partial charge is 0.237 e. The number of amides is 1. The Balaban J connectivity index is 1.52. The third kappa shape index (κ3) is 3.87. The Hall–Kier alpha value is -2.51. The summed E-state index contributed by atoms with van der Waals surface area (Å²) in [7, 11) is 0. The maximum Gasteiger partial charge on any atom is 0.237 e. The molecule has 1 amide bonds. The molecule has 0 aliphatic carbocycles. The number of halogens is 1. The minimum Gasteiger partial charge on any atom is -0.353 e. The second kappa shape index (κ2) is 7.37. The second-order valence-corrected chi connectivity index (χ2v) is 5.82. The normalized spacial score (nSPS) is 12.2. The van der Waals surface area contributed by atoms with Crippen LogP contribution in [0.25, 0.3) is 11.0 Å². The summed E-state index contributed by atoms with van der Waals surface area (Å²) >= 11 is 5.95. The molecule has 24 heavy (non-hydrogen) atoms. The van der Waals surface area contributed by atoms with E-state index >= 15 is 0 Å². The van der Waals surface area contributed by atoms with Crippen molar-refractivity contribution in [2.45, 2.75) is 19.0 Å². The number of hydrogen-bond acceptors (Lipinski definition) is 5. The lowest BCUT2D eigenvalue weighted by Crippen LogP contribution is -2.43. The van der Waals surface area contributed by atoms with Crippen molar-refractivity contribution >= 4 is 28.5 Å². The molecule has 2 heterocycles. The van der Waals surface area contributed by atoms with Crippen molar-refractivity contribution < 1.29 is 4.79 Å². The maximum atomic E-state index is 12.1. The number of benzene rings is 1. The Bertz CT molecular complexity index is 835. The Kier molecular flexibility index (Phi) is 5.02. The molecule has 8 heteroatoms. The molecule has 1 aromatic carbocycles. The van der Waals surface area contributed by atoms with E-state index < -0.39 is 6.04 Å². The molecule has 3 N–H and O–H groups in total. The molecule has 0 aliphatic rings. The topological polar surface area (TPSA) is 98.7 Å². The van der Waals surface area contributed by atoms with Gasteiger partial charge in [-0.25, -0.2) is 4.98 Å². The molecule has 1 atom stereocenters. The van der Waals surface area contributed by atoms with Gasteiger partial charge in [0, 0.05) is 30.7 Å². The SMILES string of the molecule is NC(Cc1cccnn1)C(=O)NCCn1cnc2cc(Cl)ccc21. The summed E-state index contributed by atoms with van der Waals surface area (Å²) in [5.41, 5.74) is 8.39. The summed E-state index contributed by atoms with van der Waals surface area (Å²) in [4.78, 5) is 16.4. The summed E-state index contributed by atoms with van der Waals surface area (Å²) in [5, 5.41) is 11.2. The number of hydrogen-bond donors (Lipinski definition) is 2. The van der Waals surface area contributed by atoms with Gasteiger partial charge in [0.05, 0.1) is 29.1 Å². The first-order chi connectivity index (χ1) is 11.6. The number of carbonyl (C=O) groups is 1. The van der Waals surface area contributed by atoms with Crippen LogP contribution in [0.15, 0.2) is 42.9 Å². The minimum atomic E-state index is -0.653. The first-order valence-electron chi connectivity index (χ1n) is 7.54. The largest absolute Gasteiger partial charge is 0.353 e. The molecule has 3 aromatic rings. The highest BCUT2D eigenvalue weighted by Crippen LogP contribution is 2.17. The molecule has 0 radical (unpaired) electrons. The number of nitrogens with zero attached hydrogens (tertiary/aromatic N) is 4. The van der Waals surface area contributed by atoms with Gasteiger partial charge < -0.3 is 15.6 Å². The fourth-order valence-corrected chi connectivity index (χ4v) is 2.57. The summed E-state index contributed by atoms with van der Waals surface area (Å²) in [5.74, 6) is -0.215. The fourth-order valence-electron chi connectivity index (χ4n) is 2.41. The predicted molar refractivity (Wildman–Crippen MR) is 91.5 cm³/mol. The van der Waals surface area contributed by atoms with E-state index in [1.165, 1.54) is 0 Å². The zero-order valence-electron chi connectivity index (χ0n) is 12.9. The number of aromatic nitrogens is 4. The van der Waals surface area contributed by atoms with Crippen LogP contribution in [0.1, 0.15) is 5.69 Å². The number of carbonyl (C=O) groups excluding carboxylic acids is 1. The van der Waals surface area contributed by atoms with Crippen molar-refractivity contribution in [1.29, 1.82) is 0 Å². The highest BCUT2D eigenvalue weighted by molar-refractivity contribution is 6.31. The van der Waals surface area contributed by atoms with Crippen LogP contribution in [-0.2, 0) is 17.8 Å². The van der Waals surface area contributed by atoms with Crippen LogP contribution in [-0.4, -0.2) is 38.2 Å². The molecule has 0 saturated heterocycles. The van der Waals surface area contributed by atoms with Crippen molar-refractivity contribution in [3.05, 3.63) is 53.6 Å². The Labute approximate surface area is 143 Å². The first-order valence-corrected chi connectivity index (χ1v) is 7.91. The van der Waals surface area contributed by atoms with E-state index in [0.29, 0.717) is 30.2 Å². The Morgan fingerprint density at radius 2 is 2.25 bits per heavy atom. The van der Waals surface area contributed by atoms with Gasteiger partial charge in [-0.2, -0.15) is 10.2 Å². The molecule has 0 fully saturated rings. The van der Waals surface area contributed by atoms with E-state index in [2.05, 4.69) is 20.5 Å². The van der Waals surface area contributed by atoms with Gasteiger partial charge >= 0.3 is 0 Å². The Morgan fingerprint density at radius 1 is 1.38 bits per heavy atom. The van der Waals surface area contributed by atoms with Crippen molar-refractivity contribution in [2.24, 2.45) is 5.73 Å². The minimum absolute atomic E-state index is 0.215. The zero-order valence-corrected chi connectivity index (χ0v) is 13.6. The lowest BCUT2D eigenvalue weighted by atomic mass is 10.1. The van der Waals surface area contributed by atoms with E-state index in [-0.39, 0.29) is 5.91 Å². The average Bonchev–Trinajstić information content (AvgIpc) is 2.97. The van der Waals surface area contributed by atoms with E-state index in [0.717, 1.165) is 11.0 Å². The zero-order chi connectivity index (χ0) is 16.9. The third-order valence-corrected chi connectivity index (χ3v) is 3.86. The van der Waals surface area contributed by atoms with Gasteiger partial charge in [-0.05, 0) is 30.3 Å². The molecule has 1 unspecified atom stereocenters. The summed E-state index contributed by atoms with van der Waals surface area (Å²) in [6.07, 6.45) is 3.66. The second-order valence-electron chi connectivity index (χ2n) is 5.39.